The van der Waals surface area contributed by atoms with Crippen molar-refractivity contribution in [3.63, 3.8) is 0 Å². The number of fused-ring (bicyclic) bond motifs is 3. The molecule has 2 aromatic rings. The molecule has 1 aromatic carbocycles. The van der Waals surface area contributed by atoms with Gasteiger partial charge in [-0.15, -0.1) is 0 Å². The average Bonchev–Trinajstić information content (AvgIpc) is 3.32. The summed E-state index contributed by atoms with van der Waals surface area (Å²) in [7, 11) is 0. The fourth-order valence-electron chi connectivity index (χ4n) is 4.26. The quantitative estimate of drug-likeness (QED) is 0.601. The summed E-state index contributed by atoms with van der Waals surface area (Å²) in [5.74, 6) is 0.158. The van der Waals surface area contributed by atoms with Gasteiger partial charge in [0.05, 0.1) is 12.6 Å². The van der Waals surface area contributed by atoms with Gasteiger partial charge in [-0.05, 0) is 50.8 Å². The molecule has 1 aromatic heterocycles. The zero-order valence-corrected chi connectivity index (χ0v) is 19.1. The summed E-state index contributed by atoms with van der Waals surface area (Å²) >= 11 is 6.05. The fourth-order valence-corrected chi connectivity index (χ4v) is 4.39. The highest BCUT2D eigenvalue weighted by molar-refractivity contribution is 6.30. The minimum atomic E-state index is -0.340. The van der Waals surface area contributed by atoms with Crippen LogP contribution in [0.5, 0.6) is 6.01 Å². The minimum Gasteiger partial charge on any atom is -0.462 e. The molecule has 3 heterocycles. The lowest BCUT2D eigenvalue weighted by molar-refractivity contribution is -0.129. The highest BCUT2D eigenvalue weighted by atomic mass is 35.5. The Balaban J connectivity index is 1.84. The average molecular weight is 445 g/mol. The number of imidazole rings is 1. The highest BCUT2D eigenvalue weighted by Gasteiger charge is 2.45. The van der Waals surface area contributed by atoms with Crippen LogP contribution in [0.3, 0.4) is 0 Å². The van der Waals surface area contributed by atoms with Crippen molar-refractivity contribution in [1.82, 2.24) is 14.5 Å². The SMILES string of the molecule is CCCCN1C(=O)c2c(nc(OC(C)C)n2Cc2ccc(Cl)cc2)N2CCC[C@@H]2C1=O. The first-order valence-electron chi connectivity index (χ1n) is 11.0. The molecule has 0 N–H and O–H groups in total. The van der Waals surface area contributed by atoms with E-state index in [1.807, 2.05) is 47.6 Å². The third-order valence-corrected chi connectivity index (χ3v) is 6.02. The highest BCUT2D eigenvalue weighted by Crippen LogP contribution is 2.36. The number of benzene rings is 1. The Hall–Kier alpha value is -2.54. The molecule has 4 rings (SSSR count). The Morgan fingerprint density at radius 2 is 1.97 bits per heavy atom. The number of aromatic nitrogens is 2. The van der Waals surface area contributed by atoms with Crippen LogP contribution in [-0.4, -0.2) is 51.5 Å². The summed E-state index contributed by atoms with van der Waals surface area (Å²) in [6.45, 7) is 7.46. The second kappa shape index (κ2) is 8.91. The Morgan fingerprint density at radius 3 is 2.65 bits per heavy atom. The van der Waals surface area contributed by atoms with Crippen molar-refractivity contribution in [3.05, 3.63) is 40.5 Å². The van der Waals surface area contributed by atoms with E-state index in [0.29, 0.717) is 42.2 Å². The molecule has 2 aliphatic heterocycles. The first kappa shape index (κ1) is 21.7. The number of nitrogens with zero attached hydrogens (tertiary/aromatic N) is 4. The van der Waals surface area contributed by atoms with Crippen molar-refractivity contribution in [2.75, 3.05) is 18.0 Å². The van der Waals surface area contributed by atoms with E-state index in [2.05, 4.69) is 6.92 Å². The molecule has 1 fully saturated rings. The molecule has 166 valence electrons. The van der Waals surface area contributed by atoms with Crippen LogP contribution in [0.2, 0.25) is 5.02 Å². The smallest absolute Gasteiger partial charge is 0.299 e. The molecule has 7 nitrogen and oxygen atoms in total. The number of anilines is 1. The van der Waals surface area contributed by atoms with Gasteiger partial charge in [0.1, 0.15) is 6.04 Å². The number of ether oxygens (including phenoxy) is 1. The molecule has 31 heavy (non-hydrogen) atoms. The van der Waals surface area contributed by atoms with Crippen molar-refractivity contribution < 1.29 is 14.3 Å². The lowest BCUT2D eigenvalue weighted by Gasteiger charge is -2.25. The van der Waals surface area contributed by atoms with Gasteiger partial charge in [0.2, 0.25) is 0 Å². The van der Waals surface area contributed by atoms with E-state index in [9.17, 15) is 9.59 Å². The topological polar surface area (TPSA) is 67.7 Å². The van der Waals surface area contributed by atoms with E-state index in [1.54, 1.807) is 0 Å². The maximum Gasteiger partial charge on any atom is 0.299 e. The summed E-state index contributed by atoms with van der Waals surface area (Å²) < 4.78 is 7.83. The van der Waals surface area contributed by atoms with Crippen LogP contribution in [0.1, 0.15) is 62.5 Å². The summed E-state index contributed by atoms with van der Waals surface area (Å²) in [4.78, 5) is 35.1. The number of hydrogen-bond acceptors (Lipinski definition) is 5. The summed E-state index contributed by atoms with van der Waals surface area (Å²) in [5, 5.41) is 0.652. The molecule has 0 unspecified atom stereocenters. The van der Waals surface area contributed by atoms with Crippen molar-refractivity contribution in [3.8, 4) is 6.01 Å². The van der Waals surface area contributed by atoms with Gasteiger partial charge in [0.15, 0.2) is 11.5 Å². The van der Waals surface area contributed by atoms with Crippen molar-refractivity contribution in [2.45, 2.75) is 65.1 Å². The molecule has 1 atom stereocenters. The monoisotopic (exact) mass is 444 g/mol. The largest absolute Gasteiger partial charge is 0.462 e. The van der Waals surface area contributed by atoms with E-state index in [4.69, 9.17) is 21.3 Å². The second-order valence-corrected chi connectivity index (χ2v) is 8.88. The number of hydrogen-bond donors (Lipinski definition) is 0. The lowest BCUT2D eigenvalue weighted by Crippen LogP contribution is -2.46. The second-order valence-electron chi connectivity index (χ2n) is 8.45. The number of amides is 2. The van der Waals surface area contributed by atoms with Gasteiger partial charge in [-0.2, -0.15) is 4.98 Å². The molecule has 0 spiro atoms. The third-order valence-electron chi connectivity index (χ3n) is 5.77. The number of unbranched alkanes of at least 4 members (excludes halogenated alkanes) is 1. The molecule has 0 radical (unpaired) electrons. The van der Waals surface area contributed by atoms with Gasteiger partial charge in [0.25, 0.3) is 17.8 Å². The van der Waals surface area contributed by atoms with Crippen LogP contribution in [0, 0.1) is 0 Å². The Kier molecular flexibility index (Phi) is 6.23. The molecule has 2 amide bonds. The molecule has 2 aliphatic rings. The summed E-state index contributed by atoms with van der Waals surface area (Å²) in [6, 6.07) is 7.56. The lowest BCUT2D eigenvalue weighted by atomic mass is 10.2. The van der Waals surface area contributed by atoms with Gasteiger partial charge in [-0.25, -0.2) is 0 Å². The third kappa shape index (κ3) is 4.15. The first-order chi connectivity index (χ1) is 14.9. The van der Waals surface area contributed by atoms with Gasteiger partial charge in [-0.3, -0.25) is 19.1 Å². The van der Waals surface area contributed by atoms with Crippen molar-refractivity contribution >= 4 is 29.2 Å². The zero-order chi connectivity index (χ0) is 22.1. The van der Waals surface area contributed by atoms with Crippen LogP contribution >= 0.6 is 11.6 Å². The van der Waals surface area contributed by atoms with E-state index >= 15 is 0 Å². The van der Waals surface area contributed by atoms with E-state index < -0.39 is 0 Å². The number of halogens is 1. The van der Waals surface area contributed by atoms with Gasteiger partial charge >= 0.3 is 0 Å². The van der Waals surface area contributed by atoms with E-state index in [0.717, 1.165) is 31.2 Å². The van der Waals surface area contributed by atoms with Crippen LogP contribution in [-0.2, 0) is 11.3 Å². The van der Waals surface area contributed by atoms with Crippen molar-refractivity contribution in [2.24, 2.45) is 0 Å². The van der Waals surface area contributed by atoms with E-state index in [-0.39, 0.29) is 24.0 Å². The maximum atomic E-state index is 13.7. The predicted molar refractivity (Wildman–Crippen MR) is 120 cm³/mol. The summed E-state index contributed by atoms with van der Waals surface area (Å²) in [5.41, 5.74) is 1.40. The number of imide groups is 1. The van der Waals surface area contributed by atoms with Crippen molar-refractivity contribution in [1.29, 1.82) is 0 Å². The zero-order valence-electron chi connectivity index (χ0n) is 18.3. The molecule has 0 bridgehead atoms. The molecule has 0 saturated carbocycles. The van der Waals surface area contributed by atoms with Gasteiger partial charge in [0, 0.05) is 18.1 Å². The van der Waals surface area contributed by atoms with Crippen LogP contribution in [0.25, 0.3) is 0 Å². The predicted octanol–water partition coefficient (Wildman–Crippen LogP) is 4.12. The van der Waals surface area contributed by atoms with Crippen LogP contribution in [0.15, 0.2) is 24.3 Å². The van der Waals surface area contributed by atoms with E-state index in [1.165, 1.54) is 4.90 Å². The standard InChI is InChI=1S/C23H29ClN4O3/c1-4-5-12-27-21(29)18-7-6-13-26(18)20-19(22(27)30)28(23(25-20)31-15(2)3)14-16-8-10-17(24)11-9-16/h8-11,15,18H,4-7,12-14H2,1-3H3/t18-/m1/s1. The van der Waals surface area contributed by atoms with Crippen LogP contribution in [0.4, 0.5) is 5.82 Å². The Morgan fingerprint density at radius 1 is 1.23 bits per heavy atom. The molecular formula is C23H29ClN4O3. The van der Waals surface area contributed by atoms with Crippen LogP contribution < -0.4 is 9.64 Å². The maximum absolute atomic E-state index is 13.7. The number of carbonyl (C=O) groups excluding carboxylic acids is 2. The molecular weight excluding hydrogens is 416 g/mol. The molecule has 0 aliphatic carbocycles. The molecule has 1 saturated heterocycles. The molecule has 8 heteroatoms. The Bertz CT molecular complexity index is 970. The summed E-state index contributed by atoms with van der Waals surface area (Å²) in [6.07, 6.45) is 3.22. The number of rotatable bonds is 7. The fraction of sp³-hybridized carbons (Fsp3) is 0.522. The van der Waals surface area contributed by atoms with Gasteiger partial charge in [-0.1, -0.05) is 37.1 Å². The number of carbonyl (C=O) groups is 2. The first-order valence-corrected chi connectivity index (χ1v) is 11.4. The van der Waals surface area contributed by atoms with Gasteiger partial charge < -0.3 is 9.64 Å². The minimum absolute atomic E-state index is 0.0997. The normalized spacial score (nSPS) is 18.4. The Labute approximate surface area is 187 Å².